The van der Waals surface area contributed by atoms with Gasteiger partial charge < -0.3 is 9.84 Å². The molecule has 1 rings (SSSR count). The van der Waals surface area contributed by atoms with Gasteiger partial charge in [0.2, 0.25) is 0 Å². The maximum Gasteiger partial charge on any atom is 0.182 e. The van der Waals surface area contributed by atoms with Crippen LogP contribution in [0, 0.1) is 28.9 Å². The van der Waals surface area contributed by atoms with Crippen molar-refractivity contribution < 1.29 is 18.6 Å². The van der Waals surface area contributed by atoms with Crippen molar-refractivity contribution in [2.75, 3.05) is 6.61 Å². The van der Waals surface area contributed by atoms with E-state index in [2.05, 4.69) is 27.8 Å². The average Bonchev–Trinajstić information content (AvgIpc) is 2.29. The Morgan fingerprint density at radius 1 is 1.32 bits per heavy atom. The van der Waals surface area contributed by atoms with Crippen LogP contribution in [0.3, 0.4) is 0 Å². The molecule has 1 atom stereocenters. The summed E-state index contributed by atoms with van der Waals surface area (Å²) in [4.78, 5) is 0. The fourth-order valence-corrected chi connectivity index (χ4v) is 1.57. The van der Waals surface area contributed by atoms with E-state index < -0.39 is 17.7 Å². The minimum Gasteiger partial charge on any atom is -0.474 e. The van der Waals surface area contributed by atoms with E-state index in [1.165, 1.54) is 0 Å². The van der Waals surface area contributed by atoms with Crippen molar-refractivity contribution in [2.45, 2.75) is 26.9 Å². The van der Waals surface area contributed by atoms with Crippen molar-refractivity contribution in [1.29, 1.82) is 0 Å². The van der Waals surface area contributed by atoms with Crippen LogP contribution in [0.5, 0.6) is 5.75 Å². The molecule has 1 aromatic rings. The average molecular weight is 333 g/mol. The van der Waals surface area contributed by atoms with Crippen LogP contribution < -0.4 is 4.74 Å². The Hall–Kier alpha value is -1.12. The number of ether oxygens (including phenoxy) is 1. The van der Waals surface area contributed by atoms with E-state index in [0.29, 0.717) is 0 Å². The highest BCUT2D eigenvalue weighted by Crippen LogP contribution is 2.28. The fourth-order valence-electron chi connectivity index (χ4n) is 1.16. The Balaban J connectivity index is 2.93. The molecular formula is C14H15BrF2O2. The van der Waals surface area contributed by atoms with E-state index in [4.69, 9.17) is 4.74 Å². The van der Waals surface area contributed by atoms with Crippen LogP contribution in [0.15, 0.2) is 16.6 Å². The number of benzene rings is 1. The Bertz CT molecular complexity index is 513. The number of hydrogen-bond acceptors (Lipinski definition) is 2. The van der Waals surface area contributed by atoms with Gasteiger partial charge in [0.15, 0.2) is 17.7 Å². The molecule has 0 saturated carbocycles. The van der Waals surface area contributed by atoms with Crippen LogP contribution in [0.1, 0.15) is 20.8 Å². The third-order valence-corrected chi connectivity index (χ3v) is 2.64. The first-order valence-electron chi connectivity index (χ1n) is 5.67. The number of halogens is 3. The molecule has 0 amide bonds. The second-order valence-corrected chi connectivity index (χ2v) is 5.86. The molecule has 0 aliphatic carbocycles. The van der Waals surface area contributed by atoms with Crippen molar-refractivity contribution >= 4 is 15.9 Å². The fraction of sp³-hybridized carbons (Fsp3) is 0.429. The van der Waals surface area contributed by atoms with Crippen LogP contribution in [0.4, 0.5) is 8.78 Å². The van der Waals surface area contributed by atoms with E-state index in [0.717, 1.165) is 12.1 Å². The first kappa shape index (κ1) is 15.9. The molecule has 2 nitrogen and oxygen atoms in total. The van der Waals surface area contributed by atoms with Crippen molar-refractivity contribution in [1.82, 2.24) is 0 Å². The third kappa shape index (κ3) is 5.17. The topological polar surface area (TPSA) is 29.5 Å². The highest BCUT2D eigenvalue weighted by Gasteiger charge is 2.13. The summed E-state index contributed by atoms with van der Waals surface area (Å²) < 4.78 is 31.7. The lowest BCUT2D eigenvalue weighted by molar-refractivity contribution is 0.154. The molecule has 1 aromatic carbocycles. The summed E-state index contributed by atoms with van der Waals surface area (Å²) in [6.45, 7) is 5.42. The Morgan fingerprint density at radius 3 is 2.42 bits per heavy atom. The zero-order valence-corrected chi connectivity index (χ0v) is 12.5. The highest BCUT2D eigenvalue weighted by molar-refractivity contribution is 9.10. The molecule has 0 heterocycles. The first-order chi connectivity index (χ1) is 8.73. The van der Waals surface area contributed by atoms with Gasteiger partial charge in [-0.3, -0.25) is 0 Å². The first-order valence-corrected chi connectivity index (χ1v) is 6.47. The molecule has 0 aliphatic rings. The number of aliphatic hydroxyl groups excluding tert-OH is 1. The van der Waals surface area contributed by atoms with Gasteiger partial charge in [-0.25, -0.2) is 8.78 Å². The largest absolute Gasteiger partial charge is 0.474 e. The molecule has 5 heteroatoms. The van der Waals surface area contributed by atoms with E-state index >= 15 is 0 Å². The second-order valence-electron chi connectivity index (χ2n) is 5.01. The summed E-state index contributed by atoms with van der Waals surface area (Å²) in [5, 5.41) is 9.19. The lowest BCUT2D eigenvalue weighted by Crippen LogP contribution is -2.20. The van der Waals surface area contributed by atoms with Crippen molar-refractivity contribution in [2.24, 2.45) is 5.41 Å². The van der Waals surface area contributed by atoms with Crippen LogP contribution in [0.25, 0.3) is 0 Å². The van der Waals surface area contributed by atoms with E-state index in [-0.39, 0.29) is 22.2 Å². The summed E-state index contributed by atoms with van der Waals surface area (Å²) in [6.07, 6.45) is -0.791. The predicted molar refractivity (Wildman–Crippen MR) is 72.8 cm³/mol. The summed E-state index contributed by atoms with van der Waals surface area (Å²) in [5.41, 5.74) is -0.234. The monoisotopic (exact) mass is 332 g/mol. The molecule has 1 N–H and O–H groups in total. The van der Waals surface area contributed by atoms with Gasteiger partial charge in [-0.1, -0.05) is 11.8 Å². The minimum absolute atomic E-state index is 0.0983. The molecular weight excluding hydrogens is 318 g/mol. The van der Waals surface area contributed by atoms with Crippen LogP contribution in [-0.4, -0.2) is 17.8 Å². The molecule has 0 fully saturated rings. The van der Waals surface area contributed by atoms with Gasteiger partial charge in [0.05, 0.1) is 11.1 Å². The highest BCUT2D eigenvalue weighted by atomic mass is 79.9. The van der Waals surface area contributed by atoms with Crippen LogP contribution in [-0.2, 0) is 0 Å². The van der Waals surface area contributed by atoms with Gasteiger partial charge in [-0.05, 0) is 42.8 Å². The zero-order valence-electron chi connectivity index (χ0n) is 10.9. The number of rotatable bonds is 3. The molecule has 104 valence electrons. The normalized spacial score (nSPS) is 12.6. The summed E-state index contributed by atoms with van der Waals surface area (Å²) in [7, 11) is 0. The van der Waals surface area contributed by atoms with Gasteiger partial charge in [0.1, 0.15) is 5.75 Å². The lowest BCUT2D eigenvalue weighted by Gasteiger charge is -2.14. The maximum absolute atomic E-state index is 13.1. The van der Waals surface area contributed by atoms with Gasteiger partial charge in [0.25, 0.3) is 0 Å². The minimum atomic E-state index is -1.02. The molecule has 0 aliphatic heterocycles. The van der Waals surface area contributed by atoms with E-state index in [9.17, 15) is 13.9 Å². The molecule has 19 heavy (non-hydrogen) atoms. The van der Waals surface area contributed by atoms with Crippen LogP contribution >= 0.6 is 15.9 Å². The van der Waals surface area contributed by atoms with E-state index in [1.807, 2.05) is 20.8 Å². The molecule has 0 spiro atoms. The number of hydrogen-bond donors (Lipinski definition) is 1. The quantitative estimate of drug-likeness (QED) is 0.678. The molecule has 0 radical (unpaired) electrons. The predicted octanol–water partition coefficient (Wildman–Crippen LogP) is 3.52. The van der Waals surface area contributed by atoms with E-state index in [1.54, 1.807) is 0 Å². The van der Waals surface area contributed by atoms with Crippen molar-refractivity contribution in [3.8, 4) is 17.6 Å². The summed E-state index contributed by atoms with van der Waals surface area (Å²) in [6, 6.07) is 1.89. The Morgan fingerprint density at radius 2 is 1.89 bits per heavy atom. The van der Waals surface area contributed by atoms with Crippen molar-refractivity contribution in [3.05, 3.63) is 28.2 Å². The molecule has 1 unspecified atom stereocenters. The molecule has 0 saturated heterocycles. The third-order valence-electron chi connectivity index (χ3n) is 2.02. The SMILES string of the molecule is CC(C)(C)C#CC(CO)Oc1cc(F)c(F)cc1Br. The van der Waals surface area contributed by atoms with Crippen LogP contribution in [0.2, 0.25) is 0 Å². The summed E-state index contributed by atoms with van der Waals surface area (Å²) >= 11 is 3.07. The van der Waals surface area contributed by atoms with Gasteiger partial charge in [-0.2, -0.15) is 0 Å². The summed E-state index contributed by atoms with van der Waals surface area (Å²) in [5.74, 6) is 3.79. The second kappa shape index (κ2) is 6.36. The smallest absolute Gasteiger partial charge is 0.182 e. The standard InChI is InChI=1S/C14H15BrF2O2/c1-14(2,3)5-4-9(8-18)19-13-7-12(17)11(16)6-10(13)15/h6-7,9,18H,8H2,1-3H3. The number of aliphatic hydroxyl groups is 1. The van der Waals surface area contributed by atoms with Gasteiger partial charge >= 0.3 is 0 Å². The van der Waals surface area contributed by atoms with Crippen molar-refractivity contribution in [3.63, 3.8) is 0 Å². The van der Waals surface area contributed by atoms with Gasteiger partial charge in [-0.15, -0.1) is 0 Å². The Labute approximate surface area is 119 Å². The Kier molecular flexibility index (Phi) is 5.33. The molecule has 0 aromatic heterocycles. The zero-order chi connectivity index (χ0) is 14.6. The maximum atomic E-state index is 13.1. The van der Waals surface area contributed by atoms with Gasteiger partial charge in [0, 0.05) is 11.5 Å². The lowest BCUT2D eigenvalue weighted by atomic mass is 9.98. The molecule has 0 bridgehead atoms.